The van der Waals surface area contributed by atoms with Crippen molar-refractivity contribution < 1.29 is 9.47 Å². The van der Waals surface area contributed by atoms with Crippen LogP contribution in [0.4, 0.5) is 0 Å². The van der Waals surface area contributed by atoms with E-state index in [4.69, 9.17) is 9.47 Å². The standard InChI is InChI=1S/C17H27NO2/c1-5-18-13(2)8-7-11-19-15-10-6-9-14-12-17(3,4)20-16(14)15/h6,9-10,13,18H,5,7-8,11-12H2,1-4H3. The number of hydrogen-bond acceptors (Lipinski definition) is 3. The summed E-state index contributed by atoms with van der Waals surface area (Å²) in [4.78, 5) is 0. The van der Waals surface area contributed by atoms with Crippen LogP contribution in [-0.4, -0.2) is 24.8 Å². The van der Waals surface area contributed by atoms with Crippen molar-refractivity contribution >= 4 is 0 Å². The maximum atomic E-state index is 6.00. The van der Waals surface area contributed by atoms with E-state index < -0.39 is 0 Å². The largest absolute Gasteiger partial charge is 0.490 e. The number of hydrogen-bond donors (Lipinski definition) is 1. The molecule has 0 aromatic heterocycles. The summed E-state index contributed by atoms with van der Waals surface area (Å²) >= 11 is 0. The second kappa shape index (κ2) is 6.49. The first-order valence-electron chi connectivity index (χ1n) is 7.69. The Labute approximate surface area is 122 Å². The molecule has 2 rings (SSSR count). The number of nitrogens with one attached hydrogen (secondary N) is 1. The lowest BCUT2D eigenvalue weighted by Gasteiger charge is -2.18. The minimum atomic E-state index is -0.110. The van der Waals surface area contributed by atoms with Crippen molar-refractivity contribution in [2.24, 2.45) is 0 Å². The van der Waals surface area contributed by atoms with Gasteiger partial charge >= 0.3 is 0 Å². The highest BCUT2D eigenvalue weighted by Crippen LogP contribution is 2.41. The molecule has 0 spiro atoms. The van der Waals surface area contributed by atoms with Gasteiger partial charge < -0.3 is 14.8 Å². The van der Waals surface area contributed by atoms with Crippen LogP contribution in [0, 0.1) is 0 Å². The van der Waals surface area contributed by atoms with Gasteiger partial charge in [0.15, 0.2) is 11.5 Å². The zero-order valence-electron chi connectivity index (χ0n) is 13.2. The van der Waals surface area contributed by atoms with Crippen LogP contribution < -0.4 is 14.8 Å². The molecule has 20 heavy (non-hydrogen) atoms. The fourth-order valence-electron chi connectivity index (χ4n) is 2.72. The van der Waals surface area contributed by atoms with Gasteiger partial charge in [-0.3, -0.25) is 0 Å². The third-order valence-corrected chi connectivity index (χ3v) is 3.65. The highest BCUT2D eigenvalue weighted by atomic mass is 16.5. The Bertz CT molecular complexity index is 443. The topological polar surface area (TPSA) is 30.5 Å². The third kappa shape index (κ3) is 3.89. The second-order valence-corrected chi connectivity index (χ2v) is 6.23. The maximum absolute atomic E-state index is 6.00. The average Bonchev–Trinajstić information content (AvgIpc) is 2.69. The Kier molecular flexibility index (Phi) is 4.92. The van der Waals surface area contributed by atoms with Gasteiger partial charge in [0.2, 0.25) is 0 Å². The van der Waals surface area contributed by atoms with Gasteiger partial charge in [-0.1, -0.05) is 19.1 Å². The van der Waals surface area contributed by atoms with Crippen LogP contribution in [0.1, 0.15) is 46.1 Å². The van der Waals surface area contributed by atoms with E-state index in [-0.39, 0.29) is 5.60 Å². The van der Waals surface area contributed by atoms with Crippen LogP contribution in [-0.2, 0) is 6.42 Å². The Morgan fingerprint density at radius 1 is 1.40 bits per heavy atom. The number of benzene rings is 1. The van der Waals surface area contributed by atoms with E-state index >= 15 is 0 Å². The molecule has 1 unspecified atom stereocenters. The van der Waals surface area contributed by atoms with Crippen molar-refractivity contribution in [1.82, 2.24) is 5.32 Å². The second-order valence-electron chi connectivity index (χ2n) is 6.23. The van der Waals surface area contributed by atoms with Crippen LogP contribution >= 0.6 is 0 Å². The lowest BCUT2D eigenvalue weighted by Crippen LogP contribution is -2.25. The molecule has 0 aliphatic carbocycles. The van der Waals surface area contributed by atoms with E-state index in [0.717, 1.165) is 43.9 Å². The SMILES string of the molecule is CCNC(C)CCCOc1cccc2c1OC(C)(C)C2. The van der Waals surface area contributed by atoms with E-state index in [0.29, 0.717) is 6.04 Å². The van der Waals surface area contributed by atoms with Crippen LogP contribution in [0.25, 0.3) is 0 Å². The predicted molar refractivity (Wildman–Crippen MR) is 82.7 cm³/mol. The minimum Gasteiger partial charge on any atom is -0.490 e. The summed E-state index contributed by atoms with van der Waals surface area (Å²) in [7, 11) is 0. The number of rotatable bonds is 7. The van der Waals surface area contributed by atoms with Gasteiger partial charge in [-0.15, -0.1) is 0 Å². The molecule has 1 atom stereocenters. The Balaban J connectivity index is 1.85. The van der Waals surface area contributed by atoms with Crippen molar-refractivity contribution in [1.29, 1.82) is 0 Å². The molecule has 3 nitrogen and oxygen atoms in total. The maximum Gasteiger partial charge on any atom is 0.165 e. The van der Waals surface area contributed by atoms with E-state index in [1.54, 1.807) is 0 Å². The molecule has 1 aromatic carbocycles. The Morgan fingerprint density at radius 3 is 2.95 bits per heavy atom. The van der Waals surface area contributed by atoms with Gasteiger partial charge in [-0.25, -0.2) is 0 Å². The molecule has 0 amide bonds. The summed E-state index contributed by atoms with van der Waals surface area (Å²) in [6.45, 7) is 10.4. The van der Waals surface area contributed by atoms with Crippen LogP contribution in [0.5, 0.6) is 11.5 Å². The van der Waals surface area contributed by atoms with Crippen LogP contribution in [0.3, 0.4) is 0 Å². The quantitative estimate of drug-likeness (QED) is 0.773. The minimum absolute atomic E-state index is 0.110. The van der Waals surface area contributed by atoms with E-state index in [1.165, 1.54) is 5.56 Å². The van der Waals surface area contributed by atoms with Gasteiger partial charge in [0.1, 0.15) is 5.60 Å². The van der Waals surface area contributed by atoms with Gasteiger partial charge in [0, 0.05) is 18.0 Å². The molecule has 3 heteroatoms. The number of fused-ring (bicyclic) bond motifs is 1. The molecule has 1 heterocycles. The van der Waals surface area contributed by atoms with Crippen molar-refractivity contribution in [2.75, 3.05) is 13.2 Å². The van der Waals surface area contributed by atoms with E-state index in [9.17, 15) is 0 Å². The molecule has 0 saturated carbocycles. The van der Waals surface area contributed by atoms with Gasteiger partial charge in [-0.05, 0) is 46.2 Å². The molecule has 0 bridgehead atoms. The predicted octanol–water partition coefficient (Wildman–Crippen LogP) is 3.56. The molecule has 112 valence electrons. The van der Waals surface area contributed by atoms with Crippen LogP contribution in [0.15, 0.2) is 18.2 Å². The molecule has 0 radical (unpaired) electrons. The lowest BCUT2D eigenvalue weighted by atomic mass is 10.0. The Hall–Kier alpha value is -1.22. The smallest absolute Gasteiger partial charge is 0.165 e. The van der Waals surface area contributed by atoms with Gasteiger partial charge in [0.25, 0.3) is 0 Å². The van der Waals surface area contributed by atoms with Crippen molar-refractivity contribution in [2.45, 2.75) is 58.6 Å². The first-order valence-corrected chi connectivity index (χ1v) is 7.69. The molecule has 1 N–H and O–H groups in total. The molecule has 1 aliphatic rings. The third-order valence-electron chi connectivity index (χ3n) is 3.65. The first-order chi connectivity index (χ1) is 9.52. The summed E-state index contributed by atoms with van der Waals surface area (Å²) in [6.07, 6.45) is 3.15. The number of para-hydroxylation sites is 1. The molecule has 0 saturated heterocycles. The van der Waals surface area contributed by atoms with Crippen molar-refractivity contribution in [3.63, 3.8) is 0 Å². The number of ether oxygens (including phenoxy) is 2. The Morgan fingerprint density at radius 2 is 2.20 bits per heavy atom. The summed E-state index contributed by atoms with van der Waals surface area (Å²) in [5.74, 6) is 1.83. The van der Waals surface area contributed by atoms with E-state index in [2.05, 4.69) is 45.1 Å². The molecular weight excluding hydrogens is 250 g/mol. The fraction of sp³-hybridized carbons (Fsp3) is 0.647. The van der Waals surface area contributed by atoms with E-state index in [1.807, 2.05) is 6.07 Å². The van der Waals surface area contributed by atoms with Gasteiger partial charge in [0.05, 0.1) is 6.61 Å². The summed E-state index contributed by atoms with van der Waals surface area (Å²) in [5.41, 5.74) is 1.15. The molecular formula is C17H27NO2. The zero-order valence-corrected chi connectivity index (χ0v) is 13.2. The normalized spacial score (nSPS) is 17.4. The molecule has 1 aromatic rings. The summed E-state index contributed by atoms with van der Waals surface area (Å²) < 4.78 is 11.9. The molecule has 1 aliphatic heterocycles. The summed E-state index contributed by atoms with van der Waals surface area (Å²) in [5, 5.41) is 3.42. The highest BCUT2D eigenvalue weighted by molar-refractivity contribution is 5.50. The summed E-state index contributed by atoms with van der Waals surface area (Å²) in [6, 6.07) is 6.75. The average molecular weight is 277 g/mol. The van der Waals surface area contributed by atoms with Crippen molar-refractivity contribution in [3.8, 4) is 11.5 Å². The first kappa shape index (κ1) is 15.2. The monoisotopic (exact) mass is 277 g/mol. The molecule has 0 fully saturated rings. The fourth-order valence-corrected chi connectivity index (χ4v) is 2.72. The van der Waals surface area contributed by atoms with Crippen molar-refractivity contribution in [3.05, 3.63) is 23.8 Å². The zero-order chi connectivity index (χ0) is 14.6. The highest BCUT2D eigenvalue weighted by Gasteiger charge is 2.32. The van der Waals surface area contributed by atoms with Crippen LogP contribution in [0.2, 0.25) is 0 Å². The lowest BCUT2D eigenvalue weighted by molar-refractivity contribution is 0.132. The van der Waals surface area contributed by atoms with Gasteiger partial charge in [-0.2, -0.15) is 0 Å².